The second kappa shape index (κ2) is 8.18. The van der Waals surface area contributed by atoms with Gasteiger partial charge >= 0.3 is 0 Å². The van der Waals surface area contributed by atoms with Crippen LogP contribution in [-0.2, 0) is 14.8 Å². The molecule has 2 aromatic rings. The first kappa shape index (κ1) is 18.8. The lowest BCUT2D eigenvalue weighted by molar-refractivity contribution is 0.102. The molecule has 1 amide bonds. The molecule has 2 aromatic carbocycles. The summed E-state index contributed by atoms with van der Waals surface area (Å²) in [7, 11) is -3.62. The number of sulfonamides is 1. The third kappa shape index (κ3) is 4.62. The quantitative estimate of drug-likeness (QED) is 0.788. The molecule has 1 heterocycles. The van der Waals surface area contributed by atoms with Crippen molar-refractivity contribution in [2.45, 2.75) is 23.8 Å². The molecule has 0 radical (unpaired) electrons. The SMILES string of the molecule is O=C(Nc1ccc(S(=O)(=O)NC[C@@H]2CCCO2)cc1)c1ccccc1Cl. The lowest BCUT2D eigenvalue weighted by atomic mass is 10.2. The summed E-state index contributed by atoms with van der Waals surface area (Å²) in [6, 6.07) is 12.7. The number of carbonyl (C=O) groups excluding carboxylic acids is 1. The minimum atomic E-state index is -3.62. The van der Waals surface area contributed by atoms with Gasteiger partial charge in [-0.25, -0.2) is 13.1 Å². The van der Waals surface area contributed by atoms with Gasteiger partial charge in [-0.15, -0.1) is 0 Å². The molecule has 2 N–H and O–H groups in total. The Kier molecular flexibility index (Phi) is 5.93. The van der Waals surface area contributed by atoms with Crippen molar-refractivity contribution in [1.29, 1.82) is 0 Å². The molecule has 6 nitrogen and oxygen atoms in total. The average Bonchev–Trinajstić information content (AvgIpc) is 3.14. The lowest BCUT2D eigenvalue weighted by Crippen LogP contribution is -2.31. The molecule has 0 spiro atoms. The van der Waals surface area contributed by atoms with Crippen LogP contribution in [0.4, 0.5) is 5.69 Å². The van der Waals surface area contributed by atoms with Crippen LogP contribution < -0.4 is 10.0 Å². The molecule has 0 aliphatic carbocycles. The van der Waals surface area contributed by atoms with Crippen molar-refractivity contribution in [3.8, 4) is 0 Å². The molecule has 0 unspecified atom stereocenters. The van der Waals surface area contributed by atoms with Crippen molar-refractivity contribution in [1.82, 2.24) is 4.72 Å². The molecule has 3 rings (SSSR count). The number of amides is 1. The fraction of sp³-hybridized carbons (Fsp3) is 0.278. The average molecular weight is 395 g/mol. The summed E-state index contributed by atoms with van der Waals surface area (Å²) < 4.78 is 32.6. The predicted molar refractivity (Wildman–Crippen MR) is 100 cm³/mol. The second-order valence-electron chi connectivity index (χ2n) is 5.95. The van der Waals surface area contributed by atoms with Crippen LogP contribution >= 0.6 is 11.6 Å². The summed E-state index contributed by atoms with van der Waals surface area (Å²) >= 11 is 6.00. The molecule has 0 aromatic heterocycles. The topological polar surface area (TPSA) is 84.5 Å². The number of rotatable bonds is 6. The number of hydrogen-bond donors (Lipinski definition) is 2. The van der Waals surface area contributed by atoms with Crippen LogP contribution in [0.3, 0.4) is 0 Å². The Morgan fingerprint density at radius 3 is 2.54 bits per heavy atom. The van der Waals surface area contributed by atoms with E-state index in [4.69, 9.17) is 16.3 Å². The fourth-order valence-electron chi connectivity index (χ4n) is 2.65. The van der Waals surface area contributed by atoms with Crippen molar-refractivity contribution in [3.05, 3.63) is 59.1 Å². The summed E-state index contributed by atoms with van der Waals surface area (Å²) in [4.78, 5) is 12.4. The number of nitrogens with one attached hydrogen (secondary N) is 2. The van der Waals surface area contributed by atoms with Crippen molar-refractivity contribution in [3.63, 3.8) is 0 Å². The second-order valence-corrected chi connectivity index (χ2v) is 8.12. The van der Waals surface area contributed by atoms with Gasteiger partial charge in [-0.1, -0.05) is 23.7 Å². The van der Waals surface area contributed by atoms with Gasteiger partial charge in [0.25, 0.3) is 5.91 Å². The molecule has 1 atom stereocenters. The zero-order valence-corrected chi connectivity index (χ0v) is 15.5. The largest absolute Gasteiger partial charge is 0.377 e. The first-order valence-corrected chi connectivity index (χ1v) is 10.1. The summed E-state index contributed by atoms with van der Waals surface area (Å²) in [6.07, 6.45) is 1.74. The summed E-state index contributed by atoms with van der Waals surface area (Å²) in [5.41, 5.74) is 0.831. The highest BCUT2D eigenvalue weighted by atomic mass is 35.5. The smallest absolute Gasteiger partial charge is 0.257 e. The van der Waals surface area contributed by atoms with Gasteiger partial charge in [-0.05, 0) is 49.2 Å². The van der Waals surface area contributed by atoms with Crippen LogP contribution in [0.5, 0.6) is 0 Å². The van der Waals surface area contributed by atoms with Crippen molar-refractivity contribution >= 4 is 33.2 Å². The highest BCUT2D eigenvalue weighted by Gasteiger charge is 2.20. The van der Waals surface area contributed by atoms with Crippen LogP contribution in [-0.4, -0.2) is 33.6 Å². The van der Waals surface area contributed by atoms with Crippen LogP contribution in [0, 0.1) is 0 Å². The van der Waals surface area contributed by atoms with Crippen LogP contribution in [0.15, 0.2) is 53.4 Å². The van der Waals surface area contributed by atoms with Gasteiger partial charge in [0.2, 0.25) is 10.0 Å². The Labute approximate surface area is 157 Å². The van der Waals surface area contributed by atoms with Crippen LogP contribution in [0.2, 0.25) is 5.02 Å². The van der Waals surface area contributed by atoms with E-state index in [1.165, 1.54) is 24.3 Å². The molecular formula is C18H19ClN2O4S. The van der Waals surface area contributed by atoms with E-state index >= 15 is 0 Å². The summed E-state index contributed by atoms with van der Waals surface area (Å²) in [5.74, 6) is -0.359. The maximum absolute atomic E-state index is 12.3. The van der Waals surface area contributed by atoms with E-state index in [1.54, 1.807) is 24.3 Å². The minimum Gasteiger partial charge on any atom is -0.377 e. The number of halogens is 1. The molecular weight excluding hydrogens is 376 g/mol. The van der Waals surface area contributed by atoms with E-state index in [-0.39, 0.29) is 23.5 Å². The van der Waals surface area contributed by atoms with E-state index in [2.05, 4.69) is 10.0 Å². The lowest BCUT2D eigenvalue weighted by Gasteiger charge is -2.12. The Morgan fingerprint density at radius 2 is 1.88 bits per heavy atom. The molecule has 8 heteroatoms. The number of hydrogen-bond acceptors (Lipinski definition) is 4. The summed E-state index contributed by atoms with van der Waals surface area (Å²) in [6.45, 7) is 0.930. The van der Waals surface area contributed by atoms with Crippen LogP contribution in [0.25, 0.3) is 0 Å². The normalized spacial score (nSPS) is 17.2. The van der Waals surface area contributed by atoms with Crippen molar-refractivity contribution < 1.29 is 17.9 Å². The maximum atomic E-state index is 12.3. The maximum Gasteiger partial charge on any atom is 0.257 e. The van der Waals surface area contributed by atoms with E-state index in [0.29, 0.717) is 22.9 Å². The number of carbonyl (C=O) groups is 1. The molecule has 1 fully saturated rings. The Morgan fingerprint density at radius 1 is 1.15 bits per heavy atom. The standard InChI is InChI=1S/C18H19ClN2O4S/c19-17-6-2-1-5-16(17)18(22)21-13-7-9-15(10-8-13)26(23,24)20-12-14-4-3-11-25-14/h1-2,5-10,14,20H,3-4,11-12H2,(H,21,22)/t14-/m0/s1. The number of benzene rings is 2. The van der Waals surface area contributed by atoms with Gasteiger partial charge < -0.3 is 10.1 Å². The molecule has 0 saturated carbocycles. The van der Waals surface area contributed by atoms with Gasteiger partial charge in [0, 0.05) is 18.8 Å². The van der Waals surface area contributed by atoms with Gasteiger partial charge in [-0.3, -0.25) is 4.79 Å². The Balaban J connectivity index is 1.64. The first-order chi connectivity index (χ1) is 12.5. The molecule has 138 valence electrons. The monoisotopic (exact) mass is 394 g/mol. The fourth-order valence-corrected chi connectivity index (χ4v) is 3.94. The Bertz CT molecular complexity index is 878. The third-order valence-corrected chi connectivity index (χ3v) is 5.84. The number of anilines is 1. The van der Waals surface area contributed by atoms with Gasteiger partial charge in [0.15, 0.2) is 0 Å². The first-order valence-electron chi connectivity index (χ1n) is 8.23. The van der Waals surface area contributed by atoms with Gasteiger partial charge in [0.05, 0.1) is 21.6 Å². The molecule has 1 aliphatic heterocycles. The van der Waals surface area contributed by atoms with E-state index in [0.717, 1.165) is 12.8 Å². The minimum absolute atomic E-state index is 0.0704. The predicted octanol–water partition coefficient (Wildman–Crippen LogP) is 3.05. The molecule has 1 aliphatic rings. The van der Waals surface area contributed by atoms with E-state index in [1.807, 2.05) is 0 Å². The van der Waals surface area contributed by atoms with Crippen molar-refractivity contribution in [2.75, 3.05) is 18.5 Å². The Hall–Kier alpha value is -1.93. The molecule has 0 bridgehead atoms. The summed E-state index contributed by atoms with van der Waals surface area (Å²) in [5, 5.41) is 3.05. The zero-order valence-electron chi connectivity index (χ0n) is 13.9. The molecule has 26 heavy (non-hydrogen) atoms. The van der Waals surface area contributed by atoms with Gasteiger partial charge in [-0.2, -0.15) is 0 Å². The third-order valence-electron chi connectivity index (χ3n) is 4.07. The zero-order chi connectivity index (χ0) is 18.6. The molecule has 1 saturated heterocycles. The van der Waals surface area contributed by atoms with Gasteiger partial charge in [0.1, 0.15) is 0 Å². The number of ether oxygens (including phenoxy) is 1. The van der Waals surface area contributed by atoms with E-state index in [9.17, 15) is 13.2 Å². The van der Waals surface area contributed by atoms with E-state index < -0.39 is 10.0 Å². The highest BCUT2D eigenvalue weighted by molar-refractivity contribution is 7.89. The van der Waals surface area contributed by atoms with Crippen molar-refractivity contribution in [2.24, 2.45) is 0 Å². The highest BCUT2D eigenvalue weighted by Crippen LogP contribution is 2.19. The van der Waals surface area contributed by atoms with Crippen LogP contribution in [0.1, 0.15) is 23.2 Å².